The Kier molecular flexibility index (Phi) is 9.06. The Morgan fingerprint density at radius 1 is 0.632 bits per heavy atom. The summed E-state index contributed by atoms with van der Waals surface area (Å²) in [6.07, 6.45) is -2.59. The maximum absolute atomic E-state index is 14.2. The number of hydrogen-bond acceptors (Lipinski definition) is 3. The van der Waals surface area contributed by atoms with E-state index in [4.69, 9.17) is 12.2 Å². The topological polar surface area (TPSA) is 9.86 Å². The van der Waals surface area contributed by atoms with Crippen molar-refractivity contribution in [3.63, 3.8) is 0 Å². The van der Waals surface area contributed by atoms with Crippen molar-refractivity contribution in [2.45, 2.75) is 97.2 Å². The van der Waals surface area contributed by atoms with Gasteiger partial charge in [0.1, 0.15) is 10.1 Å². The molecule has 1 rings (SSSR count). The van der Waals surface area contributed by atoms with Crippen LogP contribution in [-0.4, -0.2) is 56.5 Å². The number of aromatic nitrogens is 2. The highest BCUT2D eigenvalue weighted by molar-refractivity contribution is 7.83. The van der Waals surface area contributed by atoms with E-state index < -0.39 is 83.1 Å². The molecule has 0 saturated carbocycles. The fraction of sp³-hybridized carbons (Fsp3) is 0.824. The molecular weight excluding hydrogens is 632 g/mol. The smallest absolute Gasteiger partial charge is 0.311 e. The standard InChI is InChI=1S/C17H16F16N2S3/c1-6(2)35-8(37)7(36)34(9(35)38)5-4-11(20,21)13(24,25)15(28,29)17(32,33)16(30,31)14(26,27)12(22,23)10(3,18)19/h6,36-37H,4-5H2,1-3H3. The molecule has 2 nitrogen and oxygen atoms in total. The first-order valence-electron chi connectivity index (χ1n) is 9.65. The van der Waals surface area contributed by atoms with Crippen molar-refractivity contribution < 1.29 is 70.2 Å². The van der Waals surface area contributed by atoms with Gasteiger partial charge in [0, 0.05) is 25.9 Å². The van der Waals surface area contributed by atoms with E-state index in [2.05, 4.69) is 25.3 Å². The first kappa shape index (κ1) is 35.0. The van der Waals surface area contributed by atoms with E-state index in [1.54, 1.807) is 0 Å². The molecule has 1 aromatic heterocycles. The zero-order valence-electron chi connectivity index (χ0n) is 18.7. The summed E-state index contributed by atoms with van der Waals surface area (Å²) in [5.74, 6) is -61.1. The summed E-state index contributed by atoms with van der Waals surface area (Å²) in [5.41, 5.74) is 0. The minimum Gasteiger partial charge on any atom is -0.311 e. The fourth-order valence-corrected chi connectivity index (χ4v) is 4.28. The van der Waals surface area contributed by atoms with Crippen LogP contribution >= 0.6 is 37.5 Å². The Balaban J connectivity index is 3.56. The van der Waals surface area contributed by atoms with Crippen molar-refractivity contribution >= 4 is 37.5 Å². The van der Waals surface area contributed by atoms with Gasteiger partial charge >= 0.3 is 47.4 Å². The fourth-order valence-electron chi connectivity index (χ4n) is 2.91. The molecule has 0 atom stereocenters. The van der Waals surface area contributed by atoms with Crippen molar-refractivity contribution in [1.29, 1.82) is 0 Å². The molecule has 0 radical (unpaired) electrons. The van der Waals surface area contributed by atoms with Crippen LogP contribution in [0.2, 0.25) is 0 Å². The molecular formula is C17H16F16N2S3. The normalized spacial score (nSPS) is 15.5. The third-order valence-electron chi connectivity index (χ3n) is 5.27. The van der Waals surface area contributed by atoms with Crippen LogP contribution in [0.5, 0.6) is 0 Å². The average molecular weight is 648 g/mol. The summed E-state index contributed by atoms with van der Waals surface area (Å²) in [7, 11) is 0. The zero-order chi connectivity index (χ0) is 30.9. The van der Waals surface area contributed by atoms with E-state index in [1.165, 1.54) is 13.8 Å². The predicted octanol–water partition coefficient (Wildman–Crippen LogP) is 8.67. The van der Waals surface area contributed by atoms with Gasteiger partial charge in [-0.3, -0.25) is 0 Å². The van der Waals surface area contributed by atoms with E-state index >= 15 is 0 Å². The van der Waals surface area contributed by atoms with Crippen molar-refractivity contribution in [2.24, 2.45) is 0 Å². The summed E-state index contributed by atoms with van der Waals surface area (Å²) in [6.45, 7) is 0.209. The average Bonchev–Trinajstić information content (AvgIpc) is 2.92. The van der Waals surface area contributed by atoms with Crippen LogP contribution in [0.25, 0.3) is 0 Å². The van der Waals surface area contributed by atoms with Gasteiger partial charge in [0.05, 0.1) is 0 Å². The highest BCUT2D eigenvalue weighted by Gasteiger charge is 2.94. The lowest BCUT2D eigenvalue weighted by Gasteiger charge is -2.43. The van der Waals surface area contributed by atoms with E-state index in [0.717, 1.165) is 4.57 Å². The van der Waals surface area contributed by atoms with E-state index in [9.17, 15) is 70.2 Å². The second kappa shape index (κ2) is 9.83. The Labute approximate surface area is 219 Å². The van der Waals surface area contributed by atoms with Crippen LogP contribution in [0.4, 0.5) is 70.2 Å². The van der Waals surface area contributed by atoms with Crippen LogP contribution < -0.4 is 0 Å². The zero-order valence-corrected chi connectivity index (χ0v) is 21.3. The molecule has 1 aromatic rings. The molecule has 0 spiro atoms. The van der Waals surface area contributed by atoms with Crippen LogP contribution in [0.3, 0.4) is 0 Å². The molecule has 224 valence electrons. The Hall–Kier alpha value is -0.990. The lowest BCUT2D eigenvalue weighted by Crippen LogP contribution is -2.74. The van der Waals surface area contributed by atoms with E-state index in [-0.39, 0.29) is 5.03 Å². The minimum absolute atomic E-state index is 0.157. The summed E-state index contributed by atoms with van der Waals surface area (Å²) in [5, 5.41) is -0.576. The minimum atomic E-state index is -8.44. The number of rotatable bonds is 11. The van der Waals surface area contributed by atoms with Gasteiger partial charge in [-0.25, -0.2) is 0 Å². The number of alkyl halides is 16. The third kappa shape index (κ3) is 4.78. The number of nitrogens with zero attached hydrogens (tertiary/aromatic N) is 2. The van der Waals surface area contributed by atoms with E-state index in [1.807, 2.05) is 0 Å². The SMILES string of the molecule is CC(C)n1c(S)c(S)n(CCC(F)(F)C(F)(F)C(F)(F)C(F)(F)C(F)(F)C(F)(F)C(F)(F)C(C)(F)F)c1=S. The maximum Gasteiger partial charge on any atom is 0.384 e. The first-order chi connectivity index (χ1) is 16.4. The molecule has 0 aliphatic carbocycles. The van der Waals surface area contributed by atoms with Gasteiger partial charge in [0.2, 0.25) is 0 Å². The van der Waals surface area contributed by atoms with Crippen molar-refractivity contribution in [3.8, 4) is 0 Å². The first-order valence-corrected chi connectivity index (χ1v) is 11.0. The molecule has 21 heteroatoms. The molecule has 0 unspecified atom stereocenters. The Morgan fingerprint density at radius 3 is 1.29 bits per heavy atom. The van der Waals surface area contributed by atoms with Crippen LogP contribution in [0, 0.1) is 4.77 Å². The van der Waals surface area contributed by atoms with Gasteiger partial charge in [-0.15, -0.1) is 25.3 Å². The molecule has 0 aliphatic heterocycles. The second-order valence-electron chi connectivity index (χ2n) is 8.33. The third-order valence-corrected chi connectivity index (χ3v) is 6.74. The van der Waals surface area contributed by atoms with Gasteiger partial charge in [-0.2, -0.15) is 70.2 Å². The molecule has 0 amide bonds. The summed E-state index contributed by atoms with van der Waals surface area (Å²) in [6, 6.07) is -0.565. The maximum atomic E-state index is 14.2. The number of imidazole rings is 1. The summed E-state index contributed by atoms with van der Waals surface area (Å²) < 4.78 is 219. The highest BCUT2D eigenvalue weighted by atomic mass is 32.1. The highest BCUT2D eigenvalue weighted by Crippen LogP contribution is 2.64. The molecule has 1 heterocycles. The second-order valence-corrected chi connectivity index (χ2v) is 9.55. The molecule has 0 saturated heterocycles. The van der Waals surface area contributed by atoms with Gasteiger partial charge in [0.25, 0.3) is 0 Å². The largest absolute Gasteiger partial charge is 0.384 e. The quantitative estimate of drug-likeness (QED) is 0.139. The Bertz CT molecular complexity index is 1080. The molecule has 0 fully saturated rings. The number of halogens is 16. The van der Waals surface area contributed by atoms with Crippen molar-refractivity contribution in [1.82, 2.24) is 9.13 Å². The van der Waals surface area contributed by atoms with Crippen molar-refractivity contribution in [3.05, 3.63) is 4.77 Å². The van der Waals surface area contributed by atoms with Gasteiger partial charge < -0.3 is 9.13 Å². The molecule has 0 bridgehead atoms. The molecule has 0 N–H and O–H groups in total. The number of thiol groups is 2. The van der Waals surface area contributed by atoms with Gasteiger partial charge in [0.15, 0.2) is 4.77 Å². The van der Waals surface area contributed by atoms with Gasteiger partial charge in [-0.1, -0.05) is 0 Å². The van der Waals surface area contributed by atoms with Gasteiger partial charge in [-0.05, 0) is 26.1 Å². The monoisotopic (exact) mass is 648 g/mol. The van der Waals surface area contributed by atoms with Crippen LogP contribution in [0.15, 0.2) is 10.1 Å². The molecule has 0 aliphatic rings. The lowest BCUT2D eigenvalue weighted by atomic mass is 9.87. The van der Waals surface area contributed by atoms with Crippen molar-refractivity contribution in [2.75, 3.05) is 0 Å². The number of hydrogen-bond donors (Lipinski definition) is 2. The predicted molar refractivity (Wildman–Crippen MR) is 108 cm³/mol. The van der Waals surface area contributed by atoms with Crippen LogP contribution in [0.1, 0.15) is 33.2 Å². The Morgan fingerprint density at radius 2 is 0.974 bits per heavy atom. The summed E-state index contributed by atoms with van der Waals surface area (Å²) >= 11 is 12.6. The lowest BCUT2D eigenvalue weighted by molar-refractivity contribution is -0.452. The van der Waals surface area contributed by atoms with E-state index in [0.29, 0.717) is 4.57 Å². The van der Waals surface area contributed by atoms with Crippen LogP contribution in [-0.2, 0) is 6.54 Å². The molecule has 0 aromatic carbocycles. The molecule has 38 heavy (non-hydrogen) atoms. The summed E-state index contributed by atoms with van der Waals surface area (Å²) in [4.78, 5) is 0.